The summed E-state index contributed by atoms with van der Waals surface area (Å²) in [5.41, 5.74) is 0. The number of nitrogens with zero attached hydrogens (tertiary/aromatic N) is 2. The van der Waals surface area contributed by atoms with Crippen LogP contribution < -0.4 is 9.47 Å². The summed E-state index contributed by atoms with van der Waals surface area (Å²) in [6.45, 7) is 0.198. The minimum Gasteiger partial charge on any atom is -0.458 e. The van der Waals surface area contributed by atoms with E-state index in [2.05, 4.69) is 31.9 Å². The maximum Gasteiger partial charge on any atom is 0.230 e. The molecule has 19 heavy (non-hydrogen) atoms. The van der Waals surface area contributed by atoms with E-state index >= 15 is 0 Å². The maximum absolute atomic E-state index is 6.00. The van der Waals surface area contributed by atoms with Gasteiger partial charge in [-0.15, -0.1) is 0 Å². The van der Waals surface area contributed by atoms with Crippen molar-refractivity contribution in [2.75, 3.05) is 6.79 Å². The third kappa shape index (κ3) is 5.73. The summed E-state index contributed by atoms with van der Waals surface area (Å²) in [4.78, 5) is 0. The zero-order chi connectivity index (χ0) is 14.1. The van der Waals surface area contributed by atoms with Crippen molar-refractivity contribution in [3.8, 4) is 11.5 Å². The SMILES string of the molecule is Brc1ccc(OCOc2ccc(Br)cc2)cc1.N#N. The van der Waals surface area contributed by atoms with Crippen molar-refractivity contribution in [1.82, 2.24) is 0 Å². The summed E-state index contributed by atoms with van der Waals surface area (Å²) in [6, 6.07) is 15.2. The van der Waals surface area contributed by atoms with Gasteiger partial charge in [-0.3, -0.25) is 0 Å². The molecule has 0 aromatic heterocycles. The molecule has 0 heterocycles. The van der Waals surface area contributed by atoms with Gasteiger partial charge in [-0.05, 0) is 48.5 Å². The first-order chi connectivity index (χ1) is 9.24. The first-order valence-electron chi connectivity index (χ1n) is 5.21. The molecule has 0 aliphatic carbocycles. The van der Waals surface area contributed by atoms with Crippen molar-refractivity contribution >= 4 is 31.9 Å². The molecule has 4 nitrogen and oxygen atoms in total. The van der Waals surface area contributed by atoms with E-state index in [1.807, 2.05) is 48.5 Å². The van der Waals surface area contributed by atoms with Gasteiger partial charge in [-0.1, -0.05) is 31.9 Å². The van der Waals surface area contributed by atoms with Crippen molar-refractivity contribution in [2.45, 2.75) is 0 Å². The van der Waals surface area contributed by atoms with Gasteiger partial charge in [0.1, 0.15) is 11.5 Å². The Labute approximate surface area is 128 Å². The van der Waals surface area contributed by atoms with Gasteiger partial charge in [0.05, 0.1) is 0 Å². The predicted octanol–water partition coefficient (Wildman–Crippen LogP) is 4.66. The van der Waals surface area contributed by atoms with E-state index in [9.17, 15) is 0 Å². The van der Waals surface area contributed by atoms with Crippen LogP contribution in [0, 0.1) is 10.8 Å². The molecule has 98 valence electrons. The van der Waals surface area contributed by atoms with E-state index in [1.54, 1.807) is 0 Å². The Hall–Kier alpha value is -1.58. The van der Waals surface area contributed by atoms with Crippen LogP contribution in [0.4, 0.5) is 0 Å². The second kappa shape index (κ2) is 8.51. The van der Waals surface area contributed by atoms with Crippen LogP contribution in [-0.2, 0) is 0 Å². The van der Waals surface area contributed by atoms with E-state index in [0.29, 0.717) is 0 Å². The van der Waals surface area contributed by atoms with Crippen molar-refractivity contribution in [3.63, 3.8) is 0 Å². The molecule has 0 aliphatic rings. The lowest BCUT2D eigenvalue weighted by Crippen LogP contribution is -2.05. The van der Waals surface area contributed by atoms with Gasteiger partial charge >= 0.3 is 0 Å². The van der Waals surface area contributed by atoms with Crippen LogP contribution in [0.2, 0.25) is 0 Å². The Kier molecular flexibility index (Phi) is 6.93. The molecule has 0 N–H and O–H groups in total. The zero-order valence-electron chi connectivity index (χ0n) is 9.79. The molecule has 0 aliphatic heterocycles. The van der Waals surface area contributed by atoms with Crippen molar-refractivity contribution in [1.29, 1.82) is 10.8 Å². The van der Waals surface area contributed by atoms with Crippen LogP contribution in [0.25, 0.3) is 0 Å². The van der Waals surface area contributed by atoms with Crippen LogP contribution in [0.5, 0.6) is 11.5 Å². The molecule has 0 spiro atoms. The third-order valence-electron chi connectivity index (χ3n) is 2.08. The lowest BCUT2D eigenvalue weighted by molar-refractivity contribution is 0.120. The zero-order valence-corrected chi connectivity index (χ0v) is 13.0. The van der Waals surface area contributed by atoms with Gasteiger partial charge in [0.25, 0.3) is 0 Å². The van der Waals surface area contributed by atoms with Gasteiger partial charge < -0.3 is 9.47 Å². The highest BCUT2D eigenvalue weighted by Gasteiger charge is 1.95. The first kappa shape index (κ1) is 15.5. The fourth-order valence-corrected chi connectivity index (χ4v) is 1.76. The largest absolute Gasteiger partial charge is 0.458 e. The topological polar surface area (TPSA) is 66.0 Å². The molecule has 0 unspecified atom stereocenters. The fraction of sp³-hybridized carbons (Fsp3) is 0.0769. The fourth-order valence-electron chi connectivity index (χ4n) is 1.23. The number of hydrogen-bond acceptors (Lipinski definition) is 4. The van der Waals surface area contributed by atoms with Crippen LogP contribution in [0.3, 0.4) is 0 Å². The summed E-state index contributed by atoms with van der Waals surface area (Å²) >= 11 is 6.73. The molecule has 0 amide bonds. The van der Waals surface area contributed by atoms with Crippen LogP contribution in [0.15, 0.2) is 57.5 Å². The highest BCUT2D eigenvalue weighted by atomic mass is 79.9. The van der Waals surface area contributed by atoms with Crippen molar-refractivity contribution < 1.29 is 9.47 Å². The lowest BCUT2D eigenvalue weighted by atomic mass is 10.3. The summed E-state index contributed by atoms with van der Waals surface area (Å²) in [6.07, 6.45) is 0. The summed E-state index contributed by atoms with van der Waals surface area (Å²) < 4.78 is 12.9. The molecule has 2 rings (SSSR count). The Bertz CT molecular complexity index is 467. The molecule has 0 saturated carbocycles. The average Bonchev–Trinajstić information content (AvgIpc) is 2.45. The molecule has 0 bridgehead atoms. The predicted molar refractivity (Wildman–Crippen MR) is 77.9 cm³/mol. The van der Waals surface area contributed by atoms with Gasteiger partial charge in [0.15, 0.2) is 0 Å². The summed E-state index contributed by atoms with van der Waals surface area (Å²) in [7, 11) is 0. The average molecular weight is 386 g/mol. The Morgan fingerprint density at radius 2 is 1.00 bits per heavy atom. The molecule has 6 heteroatoms. The van der Waals surface area contributed by atoms with E-state index in [0.717, 1.165) is 20.4 Å². The van der Waals surface area contributed by atoms with Crippen LogP contribution in [-0.4, -0.2) is 6.79 Å². The van der Waals surface area contributed by atoms with Crippen LogP contribution in [0.1, 0.15) is 0 Å². The second-order valence-electron chi connectivity index (χ2n) is 3.31. The maximum atomic E-state index is 6.00. The van der Waals surface area contributed by atoms with Gasteiger partial charge in [0.2, 0.25) is 6.79 Å². The molecule has 2 aromatic carbocycles. The molecule has 0 radical (unpaired) electrons. The minimum atomic E-state index is 0.198. The van der Waals surface area contributed by atoms with Gasteiger partial charge in [-0.2, -0.15) is 0 Å². The van der Waals surface area contributed by atoms with Gasteiger partial charge in [0, 0.05) is 19.7 Å². The molecular weight excluding hydrogens is 376 g/mol. The quantitative estimate of drug-likeness (QED) is 0.567. The molecule has 0 atom stereocenters. The van der Waals surface area contributed by atoms with Crippen molar-refractivity contribution in [3.05, 3.63) is 57.5 Å². The first-order valence-corrected chi connectivity index (χ1v) is 6.79. The molecule has 0 saturated heterocycles. The van der Waals surface area contributed by atoms with E-state index in [1.165, 1.54) is 0 Å². The number of hydrogen-bond donors (Lipinski definition) is 0. The normalized spacial score (nSPS) is 9.05. The number of rotatable bonds is 4. The Balaban J connectivity index is 0.000000861. The minimum absolute atomic E-state index is 0.198. The second-order valence-corrected chi connectivity index (χ2v) is 5.15. The highest BCUT2D eigenvalue weighted by molar-refractivity contribution is 9.10. The van der Waals surface area contributed by atoms with Crippen molar-refractivity contribution in [2.24, 2.45) is 0 Å². The Morgan fingerprint density at radius 1 is 0.684 bits per heavy atom. The monoisotopic (exact) mass is 384 g/mol. The molecular formula is C13H10Br2N2O2. The number of halogens is 2. The van der Waals surface area contributed by atoms with E-state index < -0.39 is 0 Å². The molecule has 2 aromatic rings. The standard InChI is InChI=1S/C13H10Br2O2.N2/c14-10-1-5-12(6-2-10)16-9-17-13-7-3-11(15)4-8-13;1-2/h1-8H,9H2;. The van der Waals surface area contributed by atoms with E-state index in [4.69, 9.17) is 20.3 Å². The smallest absolute Gasteiger partial charge is 0.230 e. The Morgan fingerprint density at radius 3 is 1.32 bits per heavy atom. The summed E-state index contributed by atoms with van der Waals surface area (Å²) in [5, 5.41) is 12.0. The van der Waals surface area contributed by atoms with Crippen LogP contribution >= 0.6 is 31.9 Å². The summed E-state index contributed by atoms with van der Waals surface area (Å²) in [5.74, 6) is 1.57. The third-order valence-corrected chi connectivity index (χ3v) is 3.14. The van der Waals surface area contributed by atoms with E-state index in [-0.39, 0.29) is 6.79 Å². The lowest BCUT2D eigenvalue weighted by Gasteiger charge is -2.08. The highest BCUT2D eigenvalue weighted by Crippen LogP contribution is 2.18. The van der Waals surface area contributed by atoms with Gasteiger partial charge in [-0.25, -0.2) is 0 Å². The number of ether oxygens (including phenoxy) is 2. The number of benzene rings is 2. The molecule has 0 fully saturated rings.